The van der Waals surface area contributed by atoms with Gasteiger partial charge in [-0.3, -0.25) is 4.79 Å². The summed E-state index contributed by atoms with van der Waals surface area (Å²) in [6, 6.07) is 11.3. The van der Waals surface area contributed by atoms with E-state index in [0.717, 1.165) is 9.87 Å². The van der Waals surface area contributed by atoms with Crippen LogP contribution in [0.2, 0.25) is 0 Å². The number of sulfonamides is 1. The van der Waals surface area contributed by atoms with E-state index in [4.69, 9.17) is 14.2 Å². The quantitative estimate of drug-likeness (QED) is 0.666. The van der Waals surface area contributed by atoms with E-state index in [1.54, 1.807) is 19.2 Å². The summed E-state index contributed by atoms with van der Waals surface area (Å²) in [7, 11) is 1.94. The maximum Gasteiger partial charge on any atom is 0.243 e. The fourth-order valence-corrected chi connectivity index (χ4v) is 3.85. The number of amides is 1. The first kappa shape index (κ1) is 22.5. The minimum atomic E-state index is -3.88. The van der Waals surface area contributed by atoms with Crippen molar-refractivity contribution < 1.29 is 27.4 Å². The number of carbonyl (C=O) groups excluding carboxylic acids is 1. The van der Waals surface area contributed by atoms with Crippen molar-refractivity contribution >= 4 is 15.9 Å². The van der Waals surface area contributed by atoms with Crippen molar-refractivity contribution in [1.82, 2.24) is 9.62 Å². The first-order chi connectivity index (χ1) is 13.7. The highest BCUT2D eigenvalue weighted by Gasteiger charge is 2.25. The highest BCUT2D eigenvalue weighted by atomic mass is 32.2. The second kappa shape index (κ2) is 9.62. The molecule has 0 aromatic heterocycles. The average Bonchev–Trinajstić information content (AvgIpc) is 2.72. The minimum Gasteiger partial charge on any atom is -0.497 e. The lowest BCUT2D eigenvalue weighted by Gasteiger charge is -2.20. The summed E-state index contributed by atoms with van der Waals surface area (Å²) in [5.74, 6) is 1.01. The van der Waals surface area contributed by atoms with Crippen LogP contribution in [-0.4, -0.2) is 53.6 Å². The molecule has 0 aliphatic rings. The Labute approximate surface area is 171 Å². The zero-order chi connectivity index (χ0) is 21.6. The van der Waals surface area contributed by atoms with Gasteiger partial charge in [-0.05, 0) is 36.8 Å². The maximum atomic E-state index is 12.8. The molecule has 0 aliphatic heterocycles. The summed E-state index contributed by atoms with van der Waals surface area (Å²) in [6.45, 7) is 1.50. The Balaban J connectivity index is 2.07. The van der Waals surface area contributed by atoms with Crippen molar-refractivity contribution in [3.8, 4) is 17.2 Å². The van der Waals surface area contributed by atoms with Gasteiger partial charge in [-0.25, -0.2) is 8.42 Å². The van der Waals surface area contributed by atoms with Gasteiger partial charge in [0, 0.05) is 13.1 Å². The van der Waals surface area contributed by atoms with E-state index in [1.165, 1.54) is 39.5 Å². The second-order valence-corrected chi connectivity index (χ2v) is 8.39. The number of nitrogens with one attached hydrogen (secondary N) is 1. The van der Waals surface area contributed by atoms with Crippen molar-refractivity contribution in [2.24, 2.45) is 0 Å². The molecule has 2 aromatic carbocycles. The topological polar surface area (TPSA) is 94.2 Å². The van der Waals surface area contributed by atoms with Gasteiger partial charge in [-0.2, -0.15) is 4.31 Å². The number of benzene rings is 2. The van der Waals surface area contributed by atoms with Gasteiger partial charge in [-0.1, -0.05) is 12.1 Å². The molecule has 1 N–H and O–H groups in total. The van der Waals surface area contributed by atoms with Crippen LogP contribution in [0.15, 0.2) is 47.4 Å². The number of likely N-dealkylation sites (N-methyl/N-ethyl adjacent to an activating group) is 1. The van der Waals surface area contributed by atoms with Crippen molar-refractivity contribution in [2.75, 3.05) is 34.9 Å². The molecule has 0 aliphatic carbocycles. The lowest BCUT2D eigenvalue weighted by Crippen LogP contribution is -2.39. The van der Waals surface area contributed by atoms with Crippen LogP contribution in [0, 0.1) is 0 Å². The Hall–Kier alpha value is -2.78. The van der Waals surface area contributed by atoms with Crippen LogP contribution in [0.1, 0.15) is 18.5 Å². The molecule has 1 amide bonds. The number of nitrogens with zero attached hydrogens (tertiary/aromatic N) is 1. The number of rotatable bonds is 9. The van der Waals surface area contributed by atoms with Crippen molar-refractivity contribution in [1.29, 1.82) is 0 Å². The number of hydrogen-bond acceptors (Lipinski definition) is 6. The third kappa shape index (κ3) is 5.39. The van der Waals surface area contributed by atoms with Crippen LogP contribution >= 0.6 is 0 Å². The molecule has 29 heavy (non-hydrogen) atoms. The first-order valence-corrected chi connectivity index (χ1v) is 10.3. The summed E-state index contributed by atoms with van der Waals surface area (Å²) in [6.07, 6.45) is 0. The second-order valence-electron chi connectivity index (χ2n) is 6.34. The number of hydrogen-bond donors (Lipinski definition) is 1. The molecule has 0 spiro atoms. The van der Waals surface area contributed by atoms with E-state index < -0.39 is 15.9 Å². The summed E-state index contributed by atoms with van der Waals surface area (Å²) >= 11 is 0. The van der Waals surface area contributed by atoms with Gasteiger partial charge >= 0.3 is 0 Å². The normalized spacial score (nSPS) is 12.3. The molecular weight excluding hydrogens is 396 g/mol. The highest BCUT2D eigenvalue weighted by molar-refractivity contribution is 7.89. The van der Waals surface area contributed by atoms with Gasteiger partial charge in [0.1, 0.15) is 5.75 Å². The highest BCUT2D eigenvalue weighted by Crippen LogP contribution is 2.30. The molecule has 0 bridgehead atoms. The third-order valence-corrected chi connectivity index (χ3v) is 6.22. The lowest BCUT2D eigenvalue weighted by molar-refractivity contribution is -0.121. The van der Waals surface area contributed by atoms with E-state index >= 15 is 0 Å². The molecule has 0 saturated carbocycles. The van der Waals surface area contributed by atoms with E-state index in [2.05, 4.69) is 5.32 Å². The van der Waals surface area contributed by atoms with Crippen molar-refractivity contribution in [3.05, 3.63) is 48.0 Å². The van der Waals surface area contributed by atoms with Crippen LogP contribution in [0.4, 0.5) is 0 Å². The summed E-state index contributed by atoms with van der Waals surface area (Å²) in [4.78, 5) is 12.4. The van der Waals surface area contributed by atoms with Gasteiger partial charge in [-0.15, -0.1) is 0 Å². The SMILES string of the molecule is COc1ccc([C@@H](C)NC(=O)CN(C)S(=O)(=O)c2ccc(OC)c(OC)c2)cc1. The number of carbonyl (C=O) groups is 1. The molecule has 2 rings (SSSR count). The molecule has 8 nitrogen and oxygen atoms in total. The van der Waals surface area contributed by atoms with Crippen molar-refractivity contribution in [2.45, 2.75) is 17.9 Å². The summed E-state index contributed by atoms with van der Waals surface area (Å²) < 4.78 is 42.0. The Kier molecular flexibility index (Phi) is 7.46. The predicted molar refractivity (Wildman–Crippen MR) is 109 cm³/mol. The fraction of sp³-hybridized carbons (Fsp3) is 0.350. The molecular formula is C20H26N2O6S. The van der Waals surface area contributed by atoms with E-state index in [9.17, 15) is 13.2 Å². The van der Waals surface area contributed by atoms with Crippen molar-refractivity contribution in [3.63, 3.8) is 0 Å². The Morgan fingerprint density at radius 1 is 1.00 bits per heavy atom. The van der Waals surface area contributed by atoms with Gasteiger partial charge < -0.3 is 19.5 Å². The molecule has 0 unspecified atom stereocenters. The smallest absolute Gasteiger partial charge is 0.243 e. The van der Waals surface area contributed by atoms with Gasteiger partial charge in [0.2, 0.25) is 15.9 Å². The zero-order valence-corrected chi connectivity index (χ0v) is 17.9. The third-order valence-electron chi connectivity index (χ3n) is 4.42. The largest absolute Gasteiger partial charge is 0.497 e. The molecule has 0 heterocycles. The standard InChI is InChI=1S/C20H26N2O6S/c1-14(15-6-8-16(26-3)9-7-15)21-20(23)13-22(2)29(24,25)17-10-11-18(27-4)19(12-17)28-5/h6-12,14H,13H2,1-5H3,(H,21,23)/t14-/m1/s1. The molecule has 1 atom stereocenters. The van der Waals surface area contributed by atoms with Gasteiger partial charge in [0.15, 0.2) is 11.5 Å². The van der Waals surface area contributed by atoms with Gasteiger partial charge in [0.05, 0.1) is 38.8 Å². The first-order valence-electron chi connectivity index (χ1n) is 8.84. The molecule has 0 fully saturated rings. The van der Waals surface area contributed by atoms with Crippen LogP contribution in [0.5, 0.6) is 17.2 Å². The van der Waals surface area contributed by atoms with Crippen LogP contribution in [0.3, 0.4) is 0 Å². The van der Waals surface area contributed by atoms with E-state index in [0.29, 0.717) is 17.2 Å². The minimum absolute atomic E-state index is 0.00801. The van der Waals surface area contributed by atoms with Crippen LogP contribution < -0.4 is 19.5 Å². The maximum absolute atomic E-state index is 12.8. The Morgan fingerprint density at radius 2 is 1.62 bits per heavy atom. The van der Waals surface area contributed by atoms with Gasteiger partial charge in [0.25, 0.3) is 0 Å². The molecule has 0 radical (unpaired) electrons. The zero-order valence-electron chi connectivity index (χ0n) is 17.1. The molecule has 158 valence electrons. The molecule has 9 heteroatoms. The Bertz CT molecular complexity index is 944. The number of methoxy groups -OCH3 is 3. The molecule has 2 aromatic rings. The predicted octanol–water partition coefficient (Wildman–Crippen LogP) is 2.21. The average molecular weight is 423 g/mol. The number of ether oxygens (including phenoxy) is 3. The van der Waals surface area contributed by atoms with Crippen LogP contribution in [0.25, 0.3) is 0 Å². The molecule has 0 saturated heterocycles. The monoisotopic (exact) mass is 422 g/mol. The summed E-state index contributed by atoms with van der Waals surface area (Å²) in [5.41, 5.74) is 0.879. The summed E-state index contributed by atoms with van der Waals surface area (Å²) in [5, 5.41) is 2.80. The van der Waals surface area contributed by atoms with E-state index in [-0.39, 0.29) is 17.5 Å². The van der Waals surface area contributed by atoms with E-state index in [1.807, 2.05) is 19.1 Å². The lowest BCUT2D eigenvalue weighted by atomic mass is 10.1. The van der Waals surface area contributed by atoms with Crippen LogP contribution in [-0.2, 0) is 14.8 Å². The fourth-order valence-electron chi connectivity index (χ4n) is 2.71. The Morgan fingerprint density at radius 3 is 2.17 bits per heavy atom.